The van der Waals surface area contributed by atoms with Crippen LogP contribution in [0.1, 0.15) is 12.8 Å². The van der Waals surface area contributed by atoms with Crippen LogP contribution in [0, 0.1) is 5.92 Å². The molecule has 9 heteroatoms. The Kier molecular flexibility index (Phi) is 3.99. The lowest BCUT2D eigenvalue weighted by Crippen LogP contribution is -2.45. The molecular weight excluding hydrogens is 355 g/mol. The normalized spacial score (nSPS) is 27.2. The van der Waals surface area contributed by atoms with Crippen LogP contribution in [0.4, 0.5) is 0 Å². The molecular formula is C12H14Cl2N2O3S2. The Morgan fingerprint density at radius 2 is 2.00 bits per heavy atom. The Morgan fingerprint density at radius 1 is 1.29 bits per heavy atom. The van der Waals surface area contributed by atoms with Crippen LogP contribution in [0.2, 0.25) is 9.36 Å². The number of hydrogen-bond acceptors (Lipinski definition) is 4. The number of halogens is 2. The minimum Gasteiger partial charge on any atom is -0.341 e. The summed E-state index contributed by atoms with van der Waals surface area (Å²) in [4.78, 5) is 13.8. The molecule has 0 N–H and O–H groups in total. The number of carbonyl (C=O) groups excluding carboxylic acids is 1. The predicted molar refractivity (Wildman–Crippen MR) is 82.4 cm³/mol. The van der Waals surface area contributed by atoms with E-state index in [2.05, 4.69) is 0 Å². The lowest BCUT2D eigenvalue weighted by atomic mass is 9.95. The molecule has 116 valence electrons. The van der Waals surface area contributed by atoms with E-state index in [0.717, 1.165) is 24.2 Å². The first-order valence-corrected chi connectivity index (χ1v) is 9.53. The van der Waals surface area contributed by atoms with Gasteiger partial charge in [-0.2, -0.15) is 4.31 Å². The zero-order valence-electron chi connectivity index (χ0n) is 11.3. The van der Waals surface area contributed by atoms with Crippen LogP contribution in [-0.2, 0) is 14.8 Å². The summed E-state index contributed by atoms with van der Waals surface area (Å²) in [6.45, 7) is 0.559. The van der Waals surface area contributed by atoms with E-state index in [-0.39, 0.29) is 38.0 Å². The number of thiophene rings is 1. The Hall–Kier alpha value is -0.340. The summed E-state index contributed by atoms with van der Waals surface area (Å²) in [5.74, 6) is -0.222. The van der Waals surface area contributed by atoms with E-state index in [1.54, 1.807) is 11.9 Å². The molecule has 3 aliphatic heterocycles. The van der Waals surface area contributed by atoms with Gasteiger partial charge >= 0.3 is 0 Å². The van der Waals surface area contributed by atoms with E-state index in [1.807, 2.05) is 0 Å². The maximum Gasteiger partial charge on any atom is 0.252 e. The lowest BCUT2D eigenvalue weighted by Gasteiger charge is -2.32. The van der Waals surface area contributed by atoms with Crippen molar-refractivity contribution in [2.45, 2.75) is 23.1 Å². The number of likely N-dealkylation sites (N-methyl/N-ethyl adjacent to an activating group) is 1. The number of piperidine rings is 1. The third-order valence-electron chi connectivity index (χ3n) is 4.15. The first-order chi connectivity index (χ1) is 9.80. The van der Waals surface area contributed by atoms with Crippen molar-refractivity contribution in [2.24, 2.45) is 5.92 Å². The average Bonchev–Trinajstić information content (AvgIpc) is 2.64. The fraction of sp³-hybridized carbons (Fsp3) is 0.583. The van der Waals surface area contributed by atoms with E-state index in [0.29, 0.717) is 6.54 Å². The van der Waals surface area contributed by atoms with Gasteiger partial charge < -0.3 is 4.90 Å². The molecule has 4 heterocycles. The van der Waals surface area contributed by atoms with Crippen molar-refractivity contribution in [2.75, 3.05) is 20.1 Å². The summed E-state index contributed by atoms with van der Waals surface area (Å²) in [5.41, 5.74) is 0. The van der Waals surface area contributed by atoms with Crippen molar-refractivity contribution in [3.63, 3.8) is 0 Å². The highest BCUT2D eigenvalue weighted by molar-refractivity contribution is 7.91. The molecule has 0 saturated carbocycles. The van der Waals surface area contributed by atoms with E-state index in [1.165, 1.54) is 10.4 Å². The molecule has 0 unspecified atom stereocenters. The number of nitrogens with zero attached hydrogens (tertiary/aromatic N) is 2. The molecule has 5 nitrogen and oxygen atoms in total. The van der Waals surface area contributed by atoms with Crippen molar-refractivity contribution in [3.8, 4) is 0 Å². The van der Waals surface area contributed by atoms with E-state index in [9.17, 15) is 13.2 Å². The Bertz CT molecular complexity index is 669. The highest BCUT2D eigenvalue weighted by Crippen LogP contribution is 2.37. The van der Waals surface area contributed by atoms with Gasteiger partial charge in [-0.15, -0.1) is 11.3 Å². The Balaban J connectivity index is 1.95. The predicted octanol–water partition coefficient (Wildman–Crippen LogP) is 2.30. The van der Waals surface area contributed by atoms with Gasteiger partial charge in [-0.05, 0) is 18.9 Å². The number of carbonyl (C=O) groups is 1. The van der Waals surface area contributed by atoms with Crippen LogP contribution in [0.15, 0.2) is 10.3 Å². The van der Waals surface area contributed by atoms with E-state index >= 15 is 0 Å². The summed E-state index contributed by atoms with van der Waals surface area (Å²) in [5, 5.41) is 0.242. The fourth-order valence-corrected chi connectivity index (χ4v) is 6.45. The highest BCUT2D eigenvalue weighted by Gasteiger charge is 2.43. The third-order valence-corrected chi connectivity index (χ3v) is 8.29. The number of hydrogen-bond donors (Lipinski definition) is 0. The second-order valence-corrected chi connectivity index (χ2v) is 9.61. The first kappa shape index (κ1) is 15.6. The minimum atomic E-state index is -3.66. The summed E-state index contributed by atoms with van der Waals surface area (Å²) in [7, 11) is -1.91. The molecule has 21 heavy (non-hydrogen) atoms. The molecule has 0 aromatic carbocycles. The van der Waals surface area contributed by atoms with Crippen LogP contribution in [0.3, 0.4) is 0 Å². The fourth-order valence-electron chi connectivity index (χ4n) is 2.89. The van der Waals surface area contributed by atoms with Crippen LogP contribution < -0.4 is 0 Å². The Morgan fingerprint density at radius 3 is 2.62 bits per heavy atom. The topological polar surface area (TPSA) is 57.7 Å². The molecule has 4 rings (SSSR count). The number of sulfonamides is 1. The maximum atomic E-state index is 12.7. The molecule has 0 spiro atoms. The van der Waals surface area contributed by atoms with Crippen LogP contribution in [-0.4, -0.2) is 49.7 Å². The quantitative estimate of drug-likeness (QED) is 0.804. The SMILES string of the molecule is CN1C(=O)[C@H]2CC[C@@H]1CN(S(=O)(=O)c1cc(Cl)c(Cl)s1)C2. The van der Waals surface area contributed by atoms with Crippen LogP contribution >= 0.6 is 34.5 Å². The zero-order chi connectivity index (χ0) is 15.4. The van der Waals surface area contributed by atoms with Crippen molar-refractivity contribution in [1.82, 2.24) is 9.21 Å². The summed E-state index contributed by atoms with van der Waals surface area (Å²) >= 11 is 12.7. The van der Waals surface area contributed by atoms with Gasteiger partial charge in [0.05, 0.1) is 10.9 Å². The molecule has 1 aromatic rings. The number of fused-ring (bicyclic) bond motifs is 4. The summed E-state index contributed by atoms with van der Waals surface area (Å²) in [6.07, 6.45) is 1.58. The van der Waals surface area contributed by atoms with Crippen molar-refractivity contribution in [3.05, 3.63) is 15.4 Å². The van der Waals surface area contributed by atoms with Gasteiger partial charge in [0, 0.05) is 26.2 Å². The monoisotopic (exact) mass is 368 g/mol. The average molecular weight is 369 g/mol. The van der Waals surface area contributed by atoms with Crippen LogP contribution in [0.25, 0.3) is 0 Å². The molecule has 3 fully saturated rings. The molecule has 3 aliphatic rings. The lowest BCUT2D eigenvalue weighted by molar-refractivity contribution is -0.138. The van der Waals surface area contributed by atoms with Gasteiger partial charge in [-0.1, -0.05) is 23.2 Å². The molecule has 0 radical (unpaired) electrons. The second-order valence-electron chi connectivity index (χ2n) is 5.39. The van der Waals surface area contributed by atoms with Crippen LogP contribution in [0.5, 0.6) is 0 Å². The van der Waals surface area contributed by atoms with Crippen molar-refractivity contribution in [1.29, 1.82) is 0 Å². The Labute approximate surface area is 137 Å². The van der Waals surface area contributed by atoms with Gasteiger partial charge in [-0.3, -0.25) is 4.79 Å². The van der Waals surface area contributed by atoms with Gasteiger partial charge in [0.25, 0.3) is 10.0 Å². The summed E-state index contributed by atoms with van der Waals surface area (Å²) < 4.78 is 27.3. The summed E-state index contributed by atoms with van der Waals surface area (Å²) in [6, 6.07) is 1.32. The van der Waals surface area contributed by atoms with Crippen molar-refractivity contribution < 1.29 is 13.2 Å². The maximum absolute atomic E-state index is 12.7. The first-order valence-electron chi connectivity index (χ1n) is 6.52. The second kappa shape index (κ2) is 5.38. The molecule has 0 aliphatic carbocycles. The number of amides is 1. The van der Waals surface area contributed by atoms with Crippen molar-refractivity contribution >= 4 is 50.5 Å². The smallest absolute Gasteiger partial charge is 0.252 e. The van der Waals surface area contributed by atoms with E-state index < -0.39 is 10.0 Å². The number of rotatable bonds is 2. The van der Waals surface area contributed by atoms with Gasteiger partial charge in [0.1, 0.15) is 8.55 Å². The van der Waals surface area contributed by atoms with E-state index in [4.69, 9.17) is 23.2 Å². The van der Waals surface area contributed by atoms with Gasteiger partial charge in [-0.25, -0.2) is 8.42 Å². The highest BCUT2D eigenvalue weighted by atomic mass is 35.5. The molecule has 2 bridgehead atoms. The minimum absolute atomic E-state index is 0.0335. The van der Waals surface area contributed by atoms with Gasteiger partial charge in [0.15, 0.2) is 0 Å². The zero-order valence-corrected chi connectivity index (χ0v) is 14.4. The molecule has 1 aromatic heterocycles. The largest absolute Gasteiger partial charge is 0.341 e. The standard InChI is InChI=1S/C12H14Cl2N2O3S2/c1-15-8-3-2-7(12(15)17)5-16(6-8)21(18,19)10-4-9(13)11(14)20-10/h4,7-8H,2-3,5-6H2,1H3/t7-,8+/m0/s1. The third kappa shape index (κ3) is 2.59. The molecule has 2 atom stereocenters. The van der Waals surface area contributed by atoms with Gasteiger partial charge in [0.2, 0.25) is 5.91 Å². The molecule has 3 saturated heterocycles. The molecule has 1 amide bonds.